The van der Waals surface area contributed by atoms with Crippen LogP contribution in [-0.2, 0) is 11.2 Å². The molecule has 0 bridgehead atoms. The van der Waals surface area contributed by atoms with Gasteiger partial charge in [-0.15, -0.1) is 0 Å². The maximum absolute atomic E-state index is 10.9. The molecule has 1 atom stereocenters. The van der Waals surface area contributed by atoms with Crippen molar-refractivity contribution in [1.29, 1.82) is 0 Å². The molecule has 0 saturated carbocycles. The number of hydrogen-bond donors (Lipinski definition) is 1. The second-order valence-corrected chi connectivity index (χ2v) is 4.62. The Hall–Kier alpha value is -1.75. The van der Waals surface area contributed by atoms with Crippen molar-refractivity contribution >= 4 is 5.91 Å². The third-order valence-corrected chi connectivity index (χ3v) is 3.13. The molecule has 5 heteroatoms. The van der Waals surface area contributed by atoms with Crippen LogP contribution in [0.2, 0.25) is 0 Å². The first-order valence-electron chi connectivity index (χ1n) is 5.93. The average molecular weight is 250 g/mol. The number of likely N-dealkylation sites (N-methyl/N-ethyl adjacent to an activating group) is 1. The van der Waals surface area contributed by atoms with Gasteiger partial charge in [0.2, 0.25) is 12.7 Å². The lowest BCUT2D eigenvalue weighted by Gasteiger charge is -2.23. The van der Waals surface area contributed by atoms with E-state index in [2.05, 4.69) is 6.92 Å². The lowest BCUT2D eigenvalue weighted by molar-refractivity contribution is -0.119. The van der Waals surface area contributed by atoms with Crippen LogP contribution >= 0.6 is 0 Å². The quantitative estimate of drug-likeness (QED) is 0.838. The highest BCUT2D eigenvalue weighted by molar-refractivity contribution is 5.75. The van der Waals surface area contributed by atoms with Gasteiger partial charge in [0, 0.05) is 6.04 Å². The average Bonchev–Trinajstić information content (AvgIpc) is 2.75. The highest BCUT2D eigenvalue weighted by Gasteiger charge is 2.16. The van der Waals surface area contributed by atoms with Crippen LogP contribution in [-0.4, -0.2) is 37.2 Å². The van der Waals surface area contributed by atoms with Crippen molar-refractivity contribution in [3.63, 3.8) is 0 Å². The standard InChI is InChI=1S/C13H18N2O3/c1-9(15(2)7-13(14)16)5-10-3-4-11-12(6-10)18-8-17-11/h3-4,6,9H,5,7-8H2,1-2H3,(H2,14,16). The molecule has 1 amide bonds. The Bertz CT molecular complexity index is 448. The number of ether oxygens (including phenoxy) is 2. The van der Waals surface area contributed by atoms with Crippen LogP contribution in [0.1, 0.15) is 12.5 Å². The fourth-order valence-electron chi connectivity index (χ4n) is 1.97. The van der Waals surface area contributed by atoms with E-state index in [4.69, 9.17) is 15.2 Å². The monoisotopic (exact) mass is 250 g/mol. The summed E-state index contributed by atoms with van der Waals surface area (Å²) in [6, 6.07) is 6.15. The number of nitrogens with zero attached hydrogens (tertiary/aromatic N) is 1. The molecule has 0 aromatic heterocycles. The summed E-state index contributed by atoms with van der Waals surface area (Å²) >= 11 is 0. The summed E-state index contributed by atoms with van der Waals surface area (Å²) < 4.78 is 10.6. The van der Waals surface area contributed by atoms with Gasteiger partial charge >= 0.3 is 0 Å². The zero-order valence-corrected chi connectivity index (χ0v) is 10.7. The van der Waals surface area contributed by atoms with Crippen molar-refractivity contribution in [3.8, 4) is 11.5 Å². The Morgan fingerprint density at radius 1 is 1.44 bits per heavy atom. The number of nitrogens with two attached hydrogens (primary N) is 1. The summed E-state index contributed by atoms with van der Waals surface area (Å²) in [5, 5.41) is 0. The molecule has 0 radical (unpaired) electrons. The van der Waals surface area contributed by atoms with Gasteiger partial charge in [-0.05, 0) is 38.1 Å². The molecular weight excluding hydrogens is 232 g/mol. The molecule has 1 aromatic rings. The smallest absolute Gasteiger partial charge is 0.231 e. The Morgan fingerprint density at radius 3 is 2.89 bits per heavy atom. The first kappa shape index (κ1) is 12.7. The van der Waals surface area contributed by atoms with Gasteiger partial charge < -0.3 is 15.2 Å². The molecular formula is C13H18N2O3. The summed E-state index contributed by atoms with van der Waals surface area (Å²) in [5.74, 6) is 1.27. The van der Waals surface area contributed by atoms with E-state index in [1.54, 1.807) is 0 Å². The number of primary amides is 1. The van der Waals surface area contributed by atoms with Crippen molar-refractivity contribution in [3.05, 3.63) is 23.8 Å². The van der Waals surface area contributed by atoms with Crippen molar-refractivity contribution in [2.75, 3.05) is 20.4 Å². The van der Waals surface area contributed by atoms with Crippen LogP contribution in [0.25, 0.3) is 0 Å². The summed E-state index contributed by atoms with van der Waals surface area (Å²) in [6.45, 7) is 2.62. The van der Waals surface area contributed by atoms with E-state index in [0.29, 0.717) is 0 Å². The van der Waals surface area contributed by atoms with Gasteiger partial charge in [0.05, 0.1) is 6.54 Å². The molecule has 1 aliphatic rings. The van der Waals surface area contributed by atoms with Gasteiger partial charge in [-0.1, -0.05) is 6.07 Å². The lowest BCUT2D eigenvalue weighted by Crippen LogP contribution is -2.37. The highest BCUT2D eigenvalue weighted by Crippen LogP contribution is 2.32. The zero-order valence-electron chi connectivity index (χ0n) is 10.7. The summed E-state index contributed by atoms with van der Waals surface area (Å²) in [5.41, 5.74) is 6.34. The molecule has 0 aliphatic carbocycles. The fourth-order valence-corrected chi connectivity index (χ4v) is 1.97. The van der Waals surface area contributed by atoms with Crippen molar-refractivity contribution in [1.82, 2.24) is 4.90 Å². The molecule has 2 rings (SSSR count). The number of amides is 1. The van der Waals surface area contributed by atoms with E-state index in [9.17, 15) is 4.79 Å². The van der Waals surface area contributed by atoms with Crippen LogP contribution in [0.3, 0.4) is 0 Å². The zero-order chi connectivity index (χ0) is 13.1. The number of hydrogen-bond acceptors (Lipinski definition) is 4. The highest BCUT2D eigenvalue weighted by atomic mass is 16.7. The molecule has 0 spiro atoms. The van der Waals surface area contributed by atoms with Gasteiger partial charge in [-0.2, -0.15) is 0 Å². The van der Waals surface area contributed by atoms with E-state index < -0.39 is 0 Å². The topological polar surface area (TPSA) is 64.8 Å². The van der Waals surface area contributed by atoms with Gasteiger partial charge in [-0.25, -0.2) is 0 Å². The van der Waals surface area contributed by atoms with Crippen LogP contribution in [0.15, 0.2) is 18.2 Å². The Labute approximate surface area is 106 Å². The van der Waals surface area contributed by atoms with Crippen LogP contribution in [0, 0.1) is 0 Å². The van der Waals surface area contributed by atoms with E-state index in [1.807, 2.05) is 30.1 Å². The molecule has 1 aromatic carbocycles. The molecule has 1 aliphatic heterocycles. The first-order valence-corrected chi connectivity index (χ1v) is 5.93. The fraction of sp³-hybridized carbons (Fsp3) is 0.462. The molecule has 1 unspecified atom stereocenters. The lowest BCUT2D eigenvalue weighted by atomic mass is 10.1. The number of carbonyl (C=O) groups excluding carboxylic acids is 1. The molecule has 5 nitrogen and oxygen atoms in total. The normalized spacial score (nSPS) is 14.8. The minimum absolute atomic E-state index is 0.234. The van der Waals surface area contributed by atoms with Gasteiger partial charge in [-0.3, -0.25) is 9.69 Å². The van der Waals surface area contributed by atoms with Crippen molar-refractivity contribution in [2.24, 2.45) is 5.73 Å². The van der Waals surface area contributed by atoms with Crippen LogP contribution < -0.4 is 15.2 Å². The largest absolute Gasteiger partial charge is 0.454 e. The third kappa shape index (κ3) is 2.92. The van der Waals surface area contributed by atoms with Crippen LogP contribution in [0.5, 0.6) is 11.5 Å². The minimum Gasteiger partial charge on any atom is -0.454 e. The minimum atomic E-state index is -0.310. The van der Waals surface area contributed by atoms with Crippen LogP contribution in [0.4, 0.5) is 0 Å². The molecule has 2 N–H and O–H groups in total. The van der Waals surface area contributed by atoms with E-state index in [1.165, 1.54) is 0 Å². The SMILES string of the molecule is CC(Cc1ccc2c(c1)OCO2)N(C)CC(N)=O. The summed E-state index contributed by atoms with van der Waals surface area (Å²) in [6.07, 6.45) is 0.834. The maximum Gasteiger partial charge on any atom is 0.231 e. The summed E-state index contributed by atoms with van der Waals surface area (Å²) in [7, 11) is 1.89. The van der Waals surface area contributed by atoms with E-state index in [0.717, 1.165) is 23.5 Å². The Balaban J connectivity index is 1.98. The Kier molecular flexibility index (Phi) is 3.72. The predicted octanol–water partition coefficient (Wildman–Crippen LogP) is 0.763. The van der Waals surface area contributed by atoms with E-state index in [-0.39, 0.29) is 25.3 Å². The van der Waals surface area contributed by atoms with Crippen molar-refractivity contribution < 1.29 is 14.3 Å². The molecule has 1 heterocycles. The second kappa shape index (κ2) is 5.27. The van der Waals surface area contributed by atoms with Gasteiger partial charge in [0.15, 0.2) is 11.5 Å². The first-order chi connectivity index (χ1) is 8.56. The number of fused-ring (bicyclic) bond motifs is 1. The predicted molar refractivity (Wildman–Crippen MR) is 67.6 cm³/mol. The summed E-state index contributed by atoms with van der Waals surface area (Å²) in [4.78, 5) is 12.8. The molecule has 18 heavy (non-hydrogen) atoms. The molecule has 0 fully saturated rings. The van der Waals surface area contributed by atoms with Crippen molar-refractivity contribution in [2.45, 2.75) is 19.4 Å². The maximum atomic E-state index is 10.9. The van der Waals surface area contributed by atoms with Gasteiger partial charge in [0.25, 0.3) is 0 Å². The third-order valence-electron chi connectivity index (χ3n) is 3.13. The molecule has 0 saturated heterocycles. The number of benzene rings is 1. The van der Waals surface area contributed by atoms with E-state index >= 15 is 0 Å². The molecule has 98 valence electrons. The Morgan fingerprint density at radius 2 is 2.17 bits per heavy atom. The van der Waals surface area contributed by atoms with Gasteiger partial charge in [0.1, 0.15) is 0 Å². The second-order valence-electron chi connectivity index (χ2n) is 4.62. The number of rotatable bonds is 5. The number of carbonyl (C=O) groups is 1.